The molecule has 17 heavy (non-hydrogen) atoms. The molecule has 1 aromatic carbocycles. The van der Waals surface area contributed by atoms with Crippen LogP contribution in [0.15, 0.2) is 28.1 Å². The number of benzene rings is 1. The van der Waals surface area contributed by atoms with E-state index in [2.05, 4.69) is 9.71 Å². The number of halogens is 1. The van der Waals surface area contributed by atoms with E-state index in [1.807, 2.05) is 37.2 Å². The Balaban J connectivity index is 2.33. The van der Waals surface area contributed by atoms with E-state index < -0.39 is 0 Å². The smallest absolute Gasteiger partial charge is 0.169 e. The number of methoxy groups -OCH3 is 1. The van der Waals surface area contributed by atoms with Crippen molar-refractivity contribution in [3.63, 3.8) is 0 Å². The average Bonchev–Trinajstić information content (AvgIpc) is 2.29. The van der Waals surface area contributed by atoms with Crippen LogP contribution in [0.3, 0.4) is 0 Å². The SMILES string of the molecule is COC(C1=Nc2cc(Cl)ccc2SN1)N(C)C. The number of fused-ring (bicyclic) bond motifs is 1. The van der Waals surface area contributed by atoms with Crippen LogP contribution >= 0.6 is 23.5 Å². The van der Waals surface area contributed by atoms with Gasteiger partial charge in [0.05, 0.1) is 10.6 Å². The first-order chi connectivity index (χ1) is 8.11. The fourth-order valence-electron chi connectivity index (χ4n) is 1.60. The summed E-state index contributed by atoms with van der Waals surface area (Å²) < 4.78 is 8.57. The molecule has 1 heterocycles. The number of amidine groups is 1. The summed E-state index contributed by atoms with van der Waals surface area (Å²) in [6.07, 6.45) is -0.186. The quantitative estimate of drug-likeness (QED) is 0.677. The number of hydrogen-bond acceptors (Lipinski definition) is 5. The van der Waals surface area contributed by atoms with Crippen LogP contribution < -0.4 is 4.72 Å². The van der Waals surface area contributed by atoms with Gasteiger partial charge in [0.15, 0.2) is 12.1 Å². The van der Waals surface area contributed by atoms with E-state index in [1.165, 1.54) is 11.9 Å². The van der Waals surface area contributed by atoms with Gasteiger partial charge in [-0.05, 0) is 44.2 Å². The van der Waals surface area contributed by atoms with Crippen LogP contribution in [0.4, 0.5) is 5.69 Å². The molecule has 1 aliphatic heterocycles. The number of hydrogen-bond donors (Lipinski definition) is 1. The van der Waals surface area contributed by atoms with Crippen LogP contribution in [0.5, 0.6) is 0 Å². The first kappa shape index (κ1) is 12.7. The molecule has 0 bridgehead atoms. The Hall–Kier alpha value is -0.750. The normalized spacial score (nSPS) is 16.2. The number of nitrogens with zero attached hydrogens (tertiary/aromatic N) is 2. The second-order valence-corrected chi connectivity index (χ2v) is 5.15. The molecule has 1 unspecified atom stereocenters. The highest BCUT2D eigenvalue weighted by molar-refractivity contribution is 7.98. The van der Waals surface area contributed by atoms with Crippen LogP contribution in [0.25, 0.3) is 0 Å². The third kappa shape index (κ3) is 2.74. The van der Waals surface area contributed by atoms with Crippen LogP contribution in [0.1, 0.15) is 0 Å². The highest BCUT2D eigenvalue weighted by atomic mass is 35.5. The largest absolute Gasteiger partial charge is 0.359 e. The van der Waals surface area contributed by atoms with Gasteiger partial charge in [-0.1, -0.05) is 11.6 Å². The molecule has 1 N–H and O–H groups in total. The number of aliphatic imine (C=N–C) groups is 1. The Morgan fingerprint density at radius 2 is 2.24 bits per heavy atom. The highest BCUT2D eigenvalue weighted by Gasteiger charge is 2.22. The third-order valence-electron chi connectivity index (χ3n) is 2.35. The van der Waals surface area contributed by atoms with Gasteiger partial charge in [0, 0.05) is 12.1 Å². The van der Waals surface area contributed by atoms with E-state index in [4.69, 9.17) is 16.3 Å². The van der Waals surface area contributed by atoms with Crippen LogP contribution in [0, 0.1) is 0 Å². The van der Waals surface area contributed by atoms with Crippen molar-refractivity contribution in [2.45, 2.75) is 11.1 Å². The summed E-state index contributed by atoms with van der Waals surface area (Å²) in [4.78, 5) is 7.54. The minimum atomic E-state index is -0.186. The van der Waals surface area contributed by atoms with Crippen molar-refractivity contribution in [1.82, 2.24) is 9.62 Å². The zero-order valence-corrected chi connectivity index (χ0v) is 11.5. The van der Waals surface area contributed by atoms with E-state index in [0.717, 1.165) is 16.4 Å². The zero-order chi connectivity index (χ0) is 12.4. The summed E-state index contributed by atoms with van der Waals surface area (Å²) in [6.45, 7) is 0. The molecule has 0 radical (unpaired) electrons. The predicted octanol–water partition coefficient (Wildman–Crippen LogP) is 2.51. The third-order valence-corrected chi connectivity index (χ3v) is 3.47. The number of ether oxygens (including phenoxy) is 1. The minimum absolute atomic E-state index is 0.186. The van der Waals surface area contributed by atoms with Gasteiger partial charge in [-0.2, -0.15) is 0 Å². The van der Waals surface area contributed by atoms with Crippen molar-refractivity contribution in [1.29, 1.82) is 0 Å². The van der Waals surface area contributed by atoms with Crippen LogP contribution in [-0.4, -0.2) is 38.2 Å². The lowest BCUT2D eigenvalue weighted by Crippen LogP contribution is -2.43. The number of rotatable bonds is 3. The fraction of sp³-hybridized carbons (Fsp3) is 0.364. The molecule has 0 aliphatic carbocycles. The van der Waals surface area contributed by atoms with Gasteiger partial charge >= 0.3 is 0 Å². The molecule has 0 aromatic heterocycles. The first-order valence-electron chi connectivity index (χ1n) is 5.12. The molecule has 2 rings (SSSR count). The minimum Gasteiger partial charge on any atom is -0.359 e. The van der Waals surface area contributed by atoms with Crippen LogP contribution in [0.2, 0.25) is 5.02 Å². The molecule has 0 fully saturated rings. The lowest BCUT2D eigenvalue weighted by Gasteiger charge is -2.27. The summed E-state index contributed by atoms with van der Waals surface area (Å²) in [5.41, 5.74) is 0.875. The summed E-state index contributed by atoms with van der Waals surface area (Å²) in [5, 5.41) is 0.688. The number of likely N-dealkylation sites (N-methyl/N-ethyl adjacent to an activating group) is 1. The predicted molar refractivity (Wildman–Crippen MR) is 72.0 cm³/mol. The fourth-order valence-corrected chi connectivity index (χ4v) is 2.47. The monoisotopic (exact) mass is 271 g/mol. The maximum atomic E-state index is 5.96. The van der Waals surface area contributed by atoms with Gasteiger partial charge in [-0.3, -0.25) is 4.90 Å². The van der Waals surface area contributed by atoms with E-state index in [1.54, 1.807) is 7.11 Å². The van der Waals surface area contributed by atoms with E-state index in [9.17, 15) is 0 Å². The molecule has 4 nitrogen and oxygen atoms in total. The second kappa shape index (κ2) is 5.27. The molecule has 1 aliphatic rings. The molecule has 0 spiro atoms. The average molecular weight is 272 g/mol. The van der Waals surface area contributed by atoms with Crippen molar-refractivity contribution in [2.75, 3.05) is 21.2 Å². The summed E-state index contributed by atoms with van der Waals surface area (Å²) >= 11 is 7.48. The van der Waals surface area contributed by atoms with Crippen molar-refractivity contribution >= 4 is 35.1 Å². The molecule has 1 aromatic rings. The van der Waals surface area contributed by atoms with Crippen molar-refractivity contribution < 1.29 is 4.74 Å². The van der Waals surface area contributed by atoms with Gasteiger partial charge in [0.1, 0.15) is 0 Å². The highest BCUT2D eigenvalue weighted by Crippen LogP contribution is 2.34. The summed E-state index contributed by atoms with van der Waals surface area (Å²) in [6, 6.07) is 5.66. The number of nitrogens with one attached hydrogen (secondary N) is 1. The molecular weight excluding hydrogens is 258 g/mol. The molecule has 6 heteroatoms. The Morgan fingerprint density at radius 3 is 2.88 bits per heavy atom. The Kier molecular flexibility index (Phi) is 3.93. The van der Waals surface area contributed by atoms with Crippen molar-refractivity contribution in [3.8, 4) is 0 Å². The maximum absolute atomic E-state index is 5.96. The molecule has 0 saturated heterocycles. The molecular formula is C11H14ClN3OS. The zero-order valence-electron chi connectivity index (χ0n) is 9.90. The Bertz CT molecular complexity index is 450. The lowest BCUT2D eigenvalue weighted by atomic mass is 10.3. The topological polar surface area (TPSA) is 36.9 Å². The van der Waals surface area contributed by atoms with Gasteiger partial charge < -0.3 is 9.46 Å². The first-order valence-corrected chi connectivity index (χ1v) is 6.31. The lowest BCUT2D eigenvalue weighted by molar-refractivity contribution is 0.0480. The molecule has 0 saturated carbocycles. The van der Waals surface area contributed by atoms with Gasteiger partial charge in [0.2, 0.25) is 0 Å². The molecule has 1 atom stereocenters. The summed E-state index contributed by atoms with van der Waals surface area (Å²) in [7, 11) is 5.54. The van der Waals surface area contributed by atoms with E-state index in [0.29, 0.717) is 5.02 Å². The van der Waals surface area contributed by atoms with Crippen molar-refractivity contribution in [3.05, 3.63) is 23.2 Å². The second-order valence-electron chi connectivity index (χ2n) is 3.86. The maximum Gasteiger partial charge on any atom is 0.169 e. The Morgan fingerprint density at radius 1 is 1.47 bits per heavy atom. The molecule has 0 amide bonds. The van der Waals surface area contributed by atoms with Gasteiger partial charge in [-0.25, -0.2) is 4.99 Å². The van der Waals surface area contributed by atoms with E-state index >= 15 is 0 Å². The van der Waals surface area contributed by atoms with Gasteiger partial charge in [-0.15, -0.1) is 0 Å². The van der Waals surface area contributed by atoms with Gasteiger partial charge in [0.25, 0.3) is 0 Å². The van der Waals surface area contributed by atoms with Crippen LogP contribution in [-0.2, 0) is 4.74 Å². The summed E-state index contributed by atoms with van der Waals surface area (Å²) in [5.74, 6) is 0.775. The Labute approximate surface area is 110 Å². The molecule has 92 valence electrons. The standard InChI is InChI=1S/C11H14ClN3OS/c1-15(2)11(16-3)10-13-8-6-7(12)4-5-9(8)17-14-10/h4-6,11H,1-3H3,(H,13,14). The van der Waals surface area contributed by atoms with E-state index in [-0.39, 0.29) is 6.23 Å². The van der Waals surface area contributed by atoms with Crippen molar-refractivity contribution in [2.24, 2.45) is 4.99 Å².